The van der Waals surface area contributed by atoms with Gasteiger partial charge in [0.2, 0.25) is 0 Å². The number of hydrogen-bond acceptors (Lipinski definition) is 5. The molecule has 0 unspecified atom stereocenters. The van der Waals surface area contributed by atoms with Crippen molar-refractivity contribution in [3.8, 4) is 0 Å². The van der Waals surface area contributed by atoms with E-state index in [1.54, 1.807) is 12.1 Å². The van der Waals surface area contributed by atoms with E-state index in [2.05, 4.69) is 5.32 Å². The SMILES string of the molecule is CN(C)c1ccc(NC(=O)c2ccc([N+](=O)[O-])s2)cc1. The van der Waals surface area contributed by atoms with E-state index in [-0.39, 0.29) is 10.9 Å². The lowest BCUT2D eigenvalue weighted by Gasteiger charge is -2.12. The first-order chi connectivity index (χ1) is 9.47. The van der Waals surface area contributed by atoms with Crippen LogP contribution in [-0.2, 0) is 0 Å². The van der Waals surface area contributed by atoms with Gasteiger partial charge in [0, 0.05) is 31.5 Å². The van der Waals surface area contributed by atoms with E-state index in [4.69, 9.17) is 0 Å². The van der Waals surface area contributed by atoms with Crippen LogP contribution >= 0.6 is 11.3 Å². The summed E-state index contributed by atoms with van der Waals surface area (Å²) >= 11 is 0.857. The largest absolute Gasteiger partial charge is 0.378 e. The summed E-state index contributed by atoms with van der Waals surface area (Å²) in [7, 11) is 3.86. The van der Waals surface area contributed by atoms with Gasteiger partial charge in [-0.25, -0.2) is 0 Å². The molecular formula is C13H13N3O3S. The monoisotopic (exact) mass is 291 g/mol. The molecule has 0 saturated carbocycles. The van der Waals surface area contributed by atoms with Crippen molar-refractivity contribution in [2.24, 2.45) is 0 Å². The number of thiophene rings is 1. The first-order valence-corrected chi connectivity index (χ1v) is 6.62. The minimum atomic E-state index is -0.507. The standard InChI is InChI=1S/C13H13N3O3S/c1-15(2)10-5-3-9(4-6-10)14-13(17)11-7-8-12(20-11)16(18)19/h3-8H,1-2H3,(H,14,17). The molecule has 20 heavy (non-hydrogen) atoms. The van der Waals surface area contributed by atoms with Crippen molar-refractivity contribution in [2.45, 2.75) is 0 Å². The van der Waals surface area contributed by atoms with Crippen molar-refractivity contribution < 1.29 is 9.72 Å². The Morgan fingerprint density at radius 3 is 2.35 bits per heavy atom. The molecule has 1 aromatic carbocycles. The van der Waals surface area contributed by atoms with E-state index in [0.29, 0.717) is 10.6 Å². The highest BCUT2D eigenvalue weighted by atomic mass is 32.1. The predicted molar refractivity (Wildman–Crippen MR) is 79.7 cm³/mol. The minimum Gasteiger partial charge on any atom is -0.378 e. The first kappa shape index (κ1) is 14.0. The van der Waals surface area contributed by atoms with E-state index in [1.165, 1.54) is 12.1 Å². The smallest absolute Gasteiger partial charge is 0.324 e. The lowest BCUT2D eigenvalue weighted by atomic mass is 10.2. The van der Waals surface area contributed by atoms with Crippen molar-refractivity contribution in [1.82, 2.24) is 0 Å². The van der Waals surface area contributed by atoms with Gasteiger partial charge in [-0.1, -0.05) is 11.3 Å². The Balaban J connectivity index is 2.08. The third-order valence-corrected chi connectivity index (χ3v) is 3.67. The normalized spacial score (nSPS) is 10.1. The second kappa shape index (κ2) is 5.70. The summed E-state index contributed by atoms with van der Waals surface area (Å²) in [5.41, 5.74) is 1.67. The Hall–Kier alpha value is -2.41. The van der Waals surface area contributed by atoms with Crippen LogP contribution in [0.25, 0.3) is 0 Å². The topological polar surface area (TPSA) is 75.5 Å². The van der Waals surface area contributed by atoms with Crippen molar-refractivity contribution in [2.75, 3.05) is 24.3 Å². The van der Waals surface area contributed by atoms with E-state index < -0.39 is 4.92 Å². The van der Waals surface area contributed by atoms with E-state index >= 15 is 0 Å². The number of amides is 1. The molecule has 0 bridgehead atoms. The number of benzene rings is 1. The summed E-state index contributed by atoms with van der Waals surface area (Å²) in [5.74, 6) is -0.347. The lowest BCUT2D eigenvalue weighted by Crippen LogP contribution is -2.11. The van der Waals surface area contributed by atoms with Crippen LogP contribution in [0.2, 0.25) is 0 Å². The molecule has 0 aliphatic carbocycles. The maximum absolute atomic E-state index is 11.9. The Morgan fingerprint density at radius 1 is 1.20 bits per heavy atom. The van der Waals surface area contributed by atoms with Gasteiger partial charge in [0.25, 0.3) is 5.91 Å². The highest BCUT2D eigenvalue weighted by molar-refractivity contribution is 7.17. The Bertz CT molecular complexity index is 635. The Labute approximate surface area is 119 Å². The quantitative estimate of drug-likeness (QED) is 0.694. The molecule has 0 fully saturated rings. The van der Waals surface area contributed by atoms with Gasteiger partial charge in [-0.15, -0.1) is 0 Å². The maximum Gasteiger partial charge on any atom is 0.324 e. The first-order valence-electron chi connectivity index (χ1n) is 5.80. The van der Waals surface area contributed by atoms with Gasteiger partial charge in [-0.2, -0.15) is 0 Å². The van der Waals surface area contributed by atoms with Crippen LogP contribution in [0.4, 0.5) is 16.4 Å². The molecule has 1 amide bonds. The number of carbonyl (C=O) groups is 1. The molecule has 2 aromatic rings. The summed E-state index contributed by atoms with van der Waals surface area (Å²) in [6, 6.07) is 10.1. The summed E-state index contributed by atoms with van der Waals surface area (Å²) < 4.78 is 0. The molecule has 1 aromatic heterocycles. The third kappa shape index (κ3) is 3.12. The fraction of sp³-hybridized carbons (Fsp3) is 0.154. The number of hydrogen-bond donors (Lipinski definition) is 1. The van der Waals surface area contributed by atoms with Crippen LogP contribution in [0.1, 0.15) is 9.67 Å². The fourth-order valence-corrected chi connectivity index (χ4v) is 2.30. The van der Waals surface area contributed by atoms with Crippen LogP contribution in [0, 0.1) is 10.1 Å². The van der Waals surface area contributed by atoms with Crippen molar-refractivity contribution >= 4 is 33.6 Å². The zero-order valence-corrected chi connectivity index (χ0v) is 11.8. The third-order valence-electron chi connectivity index (χ3n) is 2.64. The lowest BCUT2D eigenvalue weighted by molar-refractivity contribution is -0.380. The molecule has 7 heteroatoms. The van der Waals surface area contributed by atoms with E-state index in [0.717, 1.165) is 17.0 Å². The van der Waals surface area contributed by atoms with E-state index in [1.807, 2.05) is 31.1 Å². The average Bonchev–Trinajstić information content (AvgIpc) is 2.89. The second-order valence-corrected chi connectivity index (χ2v) is 5.35. The molecule has 1 heterocycles. The molecule has 0 aliphatic rings. The molecular weight excluding hydrogens is 278 g/mol. The molecule has 0 aliphatic heterocycles. The summed E-state index contributed by atoms with van der Waals surface area (Å²) in [4.78, 5) is 24.3. The fourth-order valence-electron chi connectivity index (χ4n) is 1.58. The molecule has 1 N–H and O–H groups in total. The molecule has 104 valence electrons. The number of nitro groups is 1. The van der Waals surface area contributed by atoms with Gasteiger partial charge in [-0.3, -0.25) is 14.9 Å². The zero-order valence-electron chi connectivity index (χ0n) is 11.0. The Kier molecular flexibility index (Phi) is 3.99. The predicted octanol–water partition coefficient (Wildman–Crippen LogP) is 2.97. The van der Waals surface area contributed by atoms with Crippen molar-refractivity contribution in [1.29, 1.82) is 0 Å². The summed E-state index contributed by atoms with van der Waals surface area (Å²) in [6.45, 7) is 0. The molecule has 0 saturated heterocycles. The number of nitrogens with one attached hydrogen (secondary N) is 1. The highest BCUT2D eigenvalue weighted by Gasteiger charge is 2.15. The van der Waals surface area contributed by atoms with Gasteiger partial charge >= 0.3 is 5.00 Å². The van der Waals surface area contributed by atoms with Gasteiger partial charge in [0.15, 0.2) is 0 Å². The van der Waals surface area contributed by atoms with Crippen LogP contribution < -0.4 is 10.2 Å². The zero-order chi connectivity index (χ0) is 14.7. The van der Waals surface area contributed by atoms with Crippen molar-refractivity contribution in [3.05, 3.63) is 51.4 Å². The van der Waals surface area contributed by atoms with Crippen LogP contribution in [0.5, 0.6) is 0 Å². The maximum atomic E-state index is 11.9. The number of rotatable bonds is 4. The molecule has 6 nitrogen and oxygen atoms in total. The minimum absolute atomic E-state index is 0.0434. The molecule has 0 spiro atoms. The van der Waals surface area contributed by atoms with Gasteiger partial charge in [0.05, 0.1) is 9.80 Å². The highest BCUT2D eigenvalue weighted by Crippen LogP contribution is 2.25. The molecule has 2 rings (SSSR count). The molecule has 0 atom stereocenters. The average molecular weight is 291 g/mol. The Morgan fingerprint density at radius 2 is 1.85 bits per heavy atom. The van der Waals surface area contributed by atoms with E-state index in [9.17, 15) is 14.9 Å². The summed E-state index contributed by atoms with van der Waals surface area (Å²) in [6.07, 6.45) is 0. The number of carbonyl (C=O) groups excluding carboxylic acids is 1. The molecule has 0 radical (unpaired) electrons. The second-order valence-electron chi connectivity index (χ2n) is 4.29. The van der Waals surface area contributed by atoms with Gasteiger partial charge < -0.3 is 10.2 Å². The van der Waals surface area contributed by atoms with Gasteiger partial charge in [0.1, 0.15) is 0 Å². The van der Waals surface area contributed by atoms with Crippen LogP contribution in [-0.4, -0.2) is 24.9 Å². The van der Waals surface area contributed by atoms with Crippen LogP contribution in [0.15, 0.2) is 36.4 Å². The number of anilines is 2. The van der Waals surface area contributed by atoms with Crippen LogP contribution in [0.3, 0.4) is 0 Å². The summed E-state index contributed by atoms with van der Waals surface area (Å²) in [5, 5.41) is 13.2. The van der Waals surface area contributed by atoms with Crippen molar-refractivity contribution in [3.63, 3.8) is 0 Å². The number of nitrogens with zero attached hydrogens (tertiary/aromatic N) is 2. The van der Waals surface area contributed by atoms with Gasteiger partial charge in [-0.05, 0) is 30.3 Å².